The number of unbranched alkanes of at least 4 members (excludes halogenated alkanes) is 2. The average Bonchev–Trinajstić information content (AvgIpc) is 1.89. The SMILES string of the molecule is CCCCCNNC#N. The summed E-state index contributed by atoms with van der Waals surface area (Å²) in [6, 6.07) is 0. The molecule has 0 aliphatic rings. The lowest BCUT2D eigenvalue weighted by Gasteiger charge is -1.97. The highest BCUT2D eigenvalue weighted by Gasteiger charge is 1.82. The minimum Gasteiger partial charge on any atom is -0.258 e. The van der Waals surface area contributed by atoms with Gasteiger partial charge >= 0.3 is 0 Å². The van der Waals surface area contributed by atoms with E-state index < -0.39 is 0 Å². The molecule has 0 aliphatic carbocycles. The maximum atomic E-state index is 8.00. The van der Waals surface area contributed by atoms with Crippen molar-refractivity contribution < 1.29 is 0 Å². The number of nitrogens with zero attached hydrogens (tertiary/aromatic N) is 1. The molecule has 0 bridgehead atoms. The molecular formula is C6H13N3. The van der Waals surface area contributed by atoms with Crippen molar-refractivity contribution in [2.45, 2.75) is 26.2 Å². The topological polar surface area (TPSA) is 47.8 Å². The van der Waals surface area contributed by atoms with Crippen LogP contribution in [-0.2, 0) is 0 Å². The van der Waals surface area contributed by atoms with Crippen LogP contribution in [0.15, 0.2) is 0 Å². The molecule has 0 rings (SSSR count). The van der Waals surface area contributed by atoms with E-state index in [9.17, 15) is 0 Å². The molecule has 0 aliphatic heterocycles. The zero-order valence-electron chi connectivity index (χ0n) is 5.78. The van der Waals surface area contributed by atoms with E-state index in [0.29, 0.717) is 0 Å². The maximum Gasteiger partial charge on any atom is 0.192 e. The first kappa shape index (κ1) is 8.25. The Morgan fingerprint density at radius 1 is 1.44 bits per heavy atom. The molecule has 0 amide bonds. The van der Waals surface area contributed by atoms with Gasteiger partial charge in [-0.15, -0.1) is 0 Å². The van der Waals surface area contributed by atoms with Gasteiger partial charge in [0.1, 0.15) is 0 Å². The van der Waals surface area contributed by atoms with E-state index in [2.05, 4.69) is 17.8 Å². The second-order valence-corrected chi connectivity index (χ2v) is 1.87. The molecule has 0 aromatic rings. The number of hydrogen-bond donors (Lipinski definition) is 2. The summed E-state index contributed by atoms with van der Waals surface area (Å²) in [4.78, 5) is 0. The Morgan fingerprint density at radius 3 is 2.78 bits per heavy atom. The van der Waals surface area contributed by atoms with Crippen LogP contribution in [0.3, 0.4) is 0 Å². The van der Waals surface area contributed by atoms with Gasteiger partial charge in [-0.05, 0) is 6.42 Å². The van der Waals surface area contributed by atoms with Crippen molar-refractivity contribution in [2.24, 2.45) is 0 Å². The summed E-state index contributed by atoms with van der Waals surface area (Å²) in [6.07, 6.45) is 5.35. The molecule has 3 nitrogen and oxygen atoms in total. The van der Waals surface area contributed by atoms with Crippen LogP contribution in [-0.4, -0.2) is 6.54 Å². The first-order chi connectivity index (χ1) is 4.41. The van der Waals surface area contributed by atoms with Crippen molar-refractivity contribution in [3.05, 3.63) is 0 Å². The smallest absolute Gasteiger partial charge is 0.192 e. The summed E-state index contributed by atoms with van der Waals surface area (Å²) >= 11 is 0. The Kier molecular flexibility index (Phi) is 6.65. The van der Waals surface area contributed by atoms with Crippen LogP contribution in [0.25, 0.3) is 0 Å². The molecule has 3 heteroatoms. The highest BCUT2D eigenvalue weighted by Crippen LogP contribution is 1.89. The molecule has 0 atom stereocenters. The predicted molar refractivity (Wildman–Crippen MR) is 36.3 cm³/mol. The van der Waals surface area contributed by atoms with E-state index in [0.717, 1.165) is 13.0 Å². The van der Waals surface area contributed by atoms with Gasteiger partial charge in [0.2, 0.25) is 0 Å². The second-order valence-electron chi connectivity index (χ2n) is 1.87. The van der Waals surface area contributed by atoms with Crippen LogP contribution in [0.2, 0.25) is 0 Å². The van der Waals surface area contributed by atoms with Crippen LogP contribution < -0.4 is 10.9 Å². The number of hydrazine groups is 1. The van der Waals surface area contributed by atoms with Gasteiger partial charge in [-0.25, -0.2) is 5.43 Å². The Balaban J connectivity index is 2.69. The fraction of sp³-hybridized carbons (Fsp3) is 0.833. The first-order valence-electron chi connectivity index (χ1n) is 3.28. The zero-order valence-corrected chi connectivity index (χ0v) is 5.78. The molecule has 9 heavy (non-hydrogen) atoms. The van der Waals surface area contributed by atoms with Gasteiger partial charge in [-0.2, -0.15) is 5.26 Å². The van der Waals surface area contributed by atoms with Gasteiger partial charge in [0.25, 0.3) is 0 Å². The van der Waals surface area contributed by atoms with Crippen molar-refractivity contribution in [3.8, 4) is 6.19 Å². The average molecular weight is 127 g/mol. The highest BCUT2D eigenvalue weighted by molar-refractivity contribution is 4.58. The highest BCUT2D eigenvalue weighted by atomic mass is 15.3. The molecule has 52 valence electrons. The predicted octanol–water partition coefficient (Wildman–Crippen LogP) is 0.752. The van der Waals surface area contributed by atoms with Gasteiger partial charge in [0.15, 0.2) is 6.19 Å². The third-order valence-electron chi connectivity index (χ3n) is 1.05. The summed E-state index contributed by atoms with van der Waals surface area (Å²) in [6.45, 7) is 3.03. The molecule has 0 heterocycles. The molecule has 0 fully saturated rings. The molecule has 2 N–H and O–H groups in total. The number of hydrogen-bond acceptors (Lipinski definition) is 3. The van der Waals surface area contributed by atoms with Crippen molar-refractivity contribution in [1.82, 2.24) is 10.9 Å². The van der Waals surface area contributed by atoms with E-state index in [1.54, 1.807) is 6.19 Å². The third kappa shape index (κ3) is 7.25. The quantitative estimate of drug-likeness (QED) is 0.248. The van der Waals surface area contributed by atoms with Gasteiger partial charge in [-0.3, -0.25) is 5.43 Å². The van der Waals surface area contributed by atoms with Crippen LogP contribution in [0.4, 0.5) is 0 Å². The van der Waals surface area contributed by atoms with Gasteiger partial charge in [0, 0.05) is 6.54 Å². The van der Waals surface area contributed by atoms with Crippen LogP contribution in [0, 0.1) is 11.5 Å². The zero-order chi connectivity index (χ0) is 6.95. The first-order valence-corrected chi connectivity index (χ1v) is 3.28. The minimum atomic E-state index is 0.876. The molecule has 0 aromatic carbocycles. The van der Waals surface area contributed by atoms with Crippen LogP contribution in [0.5, 0.6) is 0 Å². The lowest BCUT2D eigenvalue weighted by atomic mass is 10.3. The van der Waals surface area contributed by atoms with Crippen molar-refractivity contribution in [1.29, 1.82) is 5.26 Å². The van der Waals surface area contributed by atoms with Gasteiger partial charge in [-0.1, -0.05) is 19.8 Å². The molecular weight excluding hydrogens is 114 g/mol. The second kappa shape index (κ2) is 7.25. The molecule has 0 unspecified atom stereocenters. The summed E-state index contributed by atoms with van der Waals surface area (Å²) in [5.74, 6) is 0. The minimum absolute atomic E-state index is 0.876. The third-order valence-corrected chi connectivity index (χ3v) is 1.05. The molecule has 0 radical (unpaired) electrons. The summed E-state index contributed by atoms with van der Waals surface area (Å²) in [7, 11) is 0. The largest absolute Gasteiger partial charge is 0.258 e. The summed E-state index contributed by atoms with van der Waals surface area (Å²) in [5, 5.41) is 8.00. The van der Waals surface area contributed by atoms with Crippen LogP contribution >= 0.6 is 0 Å². The van der Waals surface area contributed by atoms with E-state index in [1.165, 1.54) is 12.8 Å². The molecule has 0 spiro atoms. The maximum absolute atomic E-state index is 8.00. The Morgan fingerprint density at radius 2 is 2.22 bits per heavy atom. The number of rotatable bonds is 5. The van der Waals surface area contributed by atoms with Crippen molar-refractivity contribution in [2.75, 3.05) is 6.54 Å². The Labute approximate surface area is 56.0 Å². The van der Waals surface area contributed by atoms with Crippen LogP contribution in [0.1, 0.15) is 26.2 Å². The summed E-state index contributed by atoms with van der Waals surface area (Å²) < 4.78 is 0. The number of nitrogens with one attached hydrogen (secondary N) is 2. The fourth-order valence-corrected chi connectivity index (χ4v) is 0.565. The Bertz CT molecular complexity index is 84.8. The fourth-order valence-electron chi connectivity index (χ4n) is 0.565. The molecule has 0 aromatic heterocycles. The summed E-state index contributed by atoms with van der Waals surface area (Å²) in [5.41, 5.74) is 5.12. The Hall–Kier alpha value is -0.750. The van der Waals surface area contributed by atoms with Gasteiger partial charge < -0.3 is 0 Å². The lowest BCUT2D eigenvalue weighted by molar-refractivity contribution is 0.583. The monoisotopic (exact) mass is 127 g/mol. The van der Waals surface area contributed by atoms with Crippen molar-refractivity contribution >= 4 is 0 Å². The van der Waals surface area contributed by atoms with E-state index >= 15 is 0 Å². The van der Waals surface area contributed by atoms with E-state index in [4.69, 9.17) is 5.26 Å². The molecule has 0 saturated carbocycles. The van der Waals surface area contributed by atoms with E-state index in [-0.39, 0.29) is 0 Å². The standard InChI is InChI=1S/C6H13N3/c1-2-3-4-5-8-9-6-7/h8-9H,2-5H2,1H3. The lowest BCUT2D eigenvalue weighted by Crippen LogP contribution is -2.27. The van der Waals surface area contributed by atoms with Crippen molar-refractivity contribution in [3.63, 3.8) is 0 Å². The normalized spacial score (nSPS) is 8.44. The van der Waals surface area contributed by atoms with E-state index in [1.807, 2.05) is 0 Å². The van der Waals surface area contributed by atoms with Gasteiger partial charge in [0.05, 0.1) is 0 Å². The number of nitriles is 1. The molecule has 0 saturated heterocycles.